The van der Waals surface area contributed by atoms with Crippen LogP contribution in [-0.2, 0) is 17.8 Å². The molecule has 2 aromatic rings. The molecule has 0 aliphatic heterocycles. The Bertz CT molecular complexity index is 870. The molecule has 0 heterocycles. The molecule has 1 aliphatic carbocycles. The third-order valence-electron chi connectivity index (χ3n) is 6.68. The van der Waals surface area contributed by atoms with E-state index in [0.29, 0.717) is 18.4 Å². The number of hydrogen-bond acceptors (Lipinski definition) is 3. The van der Waals surface area contributed by atoms with Crippen molar-refractivity contribution in [3.63, 3.8) is 0 Å². The molecule has 1 aliphatic rings. The van der Waals surface area contributed by atoms with Crippen molar-refractivity contribution in [1.82, 2.24) is 10.2 Å². The van der Waals surface area contributed by atoms with Crippen LogP contribution in [0.4, 0.5) is 0 Å². The number of aliphatic hydroxyl groups excluding tert-OH is 1. The van der Waals surface area contributed by atoms with Crippen LogP contribution in [0.5, 0.6) is 0 Å². The first-order valence-corrected chi connectivity index (χ1v) is 12.0. The van der Waals surface area contributed by atoms with Gasteiger partial charge >= 0.3 is 0 Å². The summed E-state index contributed by atoms with van der Waals surface area (Å²) in [6.45, 7) is 1.11. The molecule has 1 amide bonds. The number of nitrogens with one attached hydrogen (secondary N) is 1. The predicted molar refractivity (Wildman–Crippen MR) is 132 cm³/mol. The van der Waals surface area contributed by atoms with Crippen molar-refractivity contribution in [3.8, 4) is 0 Å². The van der Waals surface area contributed by atoms with Crippen LogP contribution >= 0.6 is 0 Å². The van der Waals surface area contributed by atoms with Gasteiger partial charge in [-0.05, 0) is 73.7 Å². The zero-order chi connectivity index (χ0) is 22.8. The maximum Gasteiger partial charge on any atom is 0.226 e. The normalized spacial score (nSPS) is 18.7. The Balaban J connectivity index is 1.54. The minimum absolute atomic E-state index is 0.199. The van der Waals surface area contributed by atoms with Crippen LogP contribution in [0.3, 0.4) is 0 Å². The number of benzene rings is 2. The SMILES string of the molecule is CNCc1cc(CCCO)ccc1[C@H]1CC[C@H](N(C)C(=O)CC=Cc2ccccc2)CC1. The minimum Gasteiger partial charge on any atom is -0.396 e. The van der Waals surface area contributed by atoms with Gasteiger partial charge in [-0.2, -0.15) is 0 Å². The monoisotopic (exact) mass is 434 g/mol. The van der Waals surface area contributed by atoms with Crippen LogP contribution in [0.15, 0.2) is 54.6 Å². The van der Waals surface area contributed by atoms with Gasteiger partial charge in [0, 0.05) is 32.7 Å². The summed E-state index contributed by atoms with van der Waals surface area (Å²) >= 11 is 0. The Morgan fingerprint density at radius 1 is 1.12 bits per heavy atom. The average molecular weight is 435 g/mol. The maximum absolute atomic E-state index is 12.7. The van der Waals surface area contributed by atoms with Gasteiger partial charge in [0.25, 0.3) is 0 Å². The van der Waals surface area contributed by atoms with E-state index < -0.39 is 0 Å². The number of aliphatic hydroxyl groups is 1. The van der Waals surface area contributed by atoms with E-state index in [1.165, 1.54) is 16.7 Å². The average Bonchev–Trinajstić information content (AvgIpc) is 2.83. The van der Waals surface area contributed by atoms with Gasteiger partial charge in [0.15, 0.2) is 0 Å². The third-order valence-corrected chi connectivity index (χ3v) is 6.68. The molecule has 0 saturated heterocycles. The smallest absolute Gasteiger partial charge is 0.226 e. The van der Waals surface area contributed by atoms with Gasteiger partial charge in [0.1, 0.15) is 0 Å². The molecule has 1 saturated carbocycles. The number of carbonyl (C=O) groups excluding carboxylic acids is 1. The predicted octanol–water partition coefficient (Wildman–Crippen LogP) is 4.92. The van der Waals surface area contributed by atoms with Gasteiger partial charge in [-0.25, -0.2) is 0 Å². The highest BCUT2D eigenvalue weighted by Gasteiger charge is 2.27. The molecule has 2 N–H and O–H groups in total. The zero-order valence-corrected chi connectivity index (χ0v) is 19.6. The van der Waals surface area contributed by atoms with E-state index in [1.807, 2.05) is 61.5 Å². The molecule has 0 radical (unpaired) electrons. The van der Waals surface area contributed by atoms with Gasteiger partial charge in [0.05, 0.1) is 0 Å². The topological polar surface area (TPSA) is 52.6 Å². The molecular formula is C28H38N2O2. The van der Waals surface area contributed by atoms with Crippen LogP contribution in [0, 0.1) is 0 Å². The van der Waals surface area contributed by atoms with E-state index in [0.717, 1.165) is 50.6 Å². The van der Waals surface area contributed by atoms with Crippen LogP contribution in [-0.4, -0.2) is 42.7 Å². The molecule has 2 aromatic carbocycles. The fourth-order valence-corrected chi connectivity index (χ4v) is 4.82. The Labute approximate surface area is 193 Å². The molecule has 0 bridgehead atoms. The van der Waals surface area contributed by atoms with E-state index in [9.17, 15) is 4.79 Å². The van der Waals surface area contributed by atoms with Crippen molar-refractivity contribution < 1.29 is 9.90 Å². The summed E-state index contributed by atoms with van der Waals surface area (Å²) in [5.74, 6) is 0.757. The van der Waals surface area contributed by atoms with Crippen molar-refractivity contribution in [2.24, 2.45) is 0 Å². The van der Waals surface area contributed by atoms with Gasteiger partial charge in [-0.15, -0.1) is 0 Å². The van der Waals surface area contributed by atoms with Crippen molar-refractivity contribution in [1.29, 1.82) is 0 Å². The minimum atomic E-state index is 0.199. The molecule has 32 heavy (non-hydrogen) atoms. The summed E-state index contributed by atoms with van der Waals surface area (Å²) < 4.78 is 0. The van der Waals surface area contributed by atoms with E-state index in [2.05, 4.69) is 23.5 Å². The van der Waals surface area contributed by atoms with Crippen molar-refractivity contribution in [3.05, 3.63) is 76.9 Å². The van der Waals surface area contributed by atoms with Gasteiger partial charge in [-0.1, -0.05) is 60.7 Å². The van der Waals surface area contributed by atoms with Gasteiger partial charge in [0.2, 0.25) is 5.91 Å². The second kappa shape index (κ2) is 12.6. The second-order valence-corrected chi connectivity index (χ2v) is 8.92. The lowest BCUT2D eigenvalue weighted by Gasteiger charge is -2.35. The molecule has 0 atom stereocenters. The number of carbonyl (C=O) groups is 1. The summed E-state index contributed by atoms with van der Waals surface area (Å²) in [5, 5.41) is 12.4. The van der Waals surface area contributed by atoms with Crippen LogP contribution in [0.2, 0.25) is 0 Å². The lowest BCUT2D eigenvalue weighted by atomic mass is 9.79. The largest absolute Gasteiger partial charge is 0.396 e. The highest BCUT2D eigenvalue weighted by atomic mass is 16.2. The number of nitrogens with zero attached hydrogens (tertiary/aromatic N) is 1. The first-order valence-electron chi connectivity index (χ1n) is 12.0. The summed E-state index contributed by atoms with van der Waals surface area (Å²) in [7, 11) is 3.96. The Morgan fingerprint density at radius 3 is 2.56 bits per heavy atom. The first-order chi connectivity index (χ1) is 15.6. The summed E-state index contributed by atoms with van der Waals surface area (Å²) in [6.07, 6.45) is 10.5. The molecule has 3 rings (SSSR count). The Morgan fingerprint density at radius 2 is 1.88 bits per heavy atom. The molecule has 0 aromatic heterocycles. The van der Waals surface area contributed by atoms with E-state index in [1.54, 1.807) is 0 Å². The third kappa shape index (κ3) is 6.78. The number of amides is 1. The number of hydrogen-bond donors (Lipinski definition) is 2. The summed E-state index contributed by atoms with van der Waals surface area (Å²) in [6, 6.07) is 17.3. The van der Waals surface area contributed by atoms with Crippen LogP contribution < -0.4 is 5.32 Å². The lowest BCUT2D eigenvalue weighted by molar-refractivity contribution is -0.131. The highest BCUT2D eigenvalue weighted by molar-refractivity contribution is 5.78. The summed E-state index contributed by atoms with van der Waals surface area (Å²) in [4.78, 5) is 14.7. The Kier molecular flexibility index (Phi) is 9.51. The molecule has 172 valence electrons. The van der Waals surface area contributed by atoms with Crippen molar-refractivity contribution in [2.45, 2.75) is 63.5 Å². The quantitative estimate of drug-likeness (QED) is 0.558. The standard InChI is InChI=1S/C28H38N2O2/c1-29-21-25-20-23(11-7-19-31)13-18-27(25)24-14-16-26(17-15-24)30(2)28(32)12-6-10-22-8-4-3-5-9-22/h3-6,8-10,13,18,20,24,26,29,31H,7,11-12,14-17,19,21H2,1-2H3/t24-,26-. The van der Waals surface area contributed by atoms with Crippen LogP contribution in [0.1, 0.15) is 66.7 Å². The second-order valence-electron chi connectivity index (χ2n) is 8.92. The maximum atomic E-state index is 12.7. The van der Waals surface area contributed by atoms with E-state index >= 15 is 0 Å². The zero-order valence-electron chi connectivity index (χ0n) is 19.6. The van der Waals surface area contributed by atoms with Crippen molar-refractivity contribution >= 4 is 12.0 Å². The fourth-order valence-electron chi connectivity index (χ4n) is 4.82. The molecule has 1 fully saturated rings. The van der Waals surface area contributed by atoms with Gasteiger partial charge in [-0.3, -0.25) is 4.79 Å². The Hall–Kier alpha value is -2.43. The lowest BCUT2D eigenvalue weighted by Crippen LogP contribution is -2.39. The molecule has 4 nitrogen and oxygen atoms in total. The molecular weight excluding hydrogens is 396 g/mol. The summed E-state index contributed by atoms with van der Waals surface area (Å²) in [5.41, 5.74) is 5.26. The fraction of sp³-hybridized carbons (Fsp3) is 0.464. The van der Waals surface area contributed by atoms with E-state index in [4.69, 9.17) is 5.11 Å². The number of rotatable bonds is 10. The van der Waals surface area contributed by atoms with Crippen LogP contribution in [0.25, 0.3) is 6.08 Å². The van der Waals surface area contributed by atoms with E-state index in [-0.39, 0.29) is 12.5 Å². The highest BCUT2D eigenvalue weighted by Crippen LogP contribution is 2.36. The molecule has 4 heteroatoms. The molecule has 0 unspecified atom stereocenters. The molecule has 0 spiro atoms. The first kappa shape index (κ1) is 24.2. The van der Waals surface area contributed by atoms with Gasteiger partial charge < -0.3 is 15.3 Å². The van der Waals surface area contributed by atoms with Crippen molar-refractivity contribution in [2.75, 3.05) is 20.7 Å². The number of aryl methyl sites for hydroxylation is 1.